The monoisotopic (exact) mass is 289 g/mol. The van der Waals surface area contributed by atoms with Crippen molar-refractivity contribution in [3.8, 4) is 5.75 Å². The van der Waals surface area contributed by atoms with E-state index < -0.39 is 6.10 Å². The second kappa shape index (κ2) is 7.76. The molecule has 0 radical (unpaired) electrons. The van der Waals surface area contributed by atoms with E-state index in [9.17, 15) is 9.50 Å². The summed E-state index contributed by atoms with van der Waals surface area (Å²) in [5.74, 6) is 0.553. The average molecular weight is 289 g/mol. The number of methoxy groups -OCH3 is 1. The molecule has 1 unspecified atom stereocenters. The topological polar surface area (TPSA) is 41.5 Å². The van der Waals surface area contributed by atoms with Gasteiger partial charge in [0.1, 0.15) is 11.6 Å². The van der Waals surface area contributed by atoms with Crippen LogP contribution in [0.4, 0.5) is 4.39 Å². The first kappa shape index (κ1) is 15.5. The van der Waals surface area contributed by atoms with Gasteiger partial charge < -0.3 is 15.2 Å². The molecule has 0 amide bonds. The first-order chi connectivity index (χ1) is 10.2. The van der Waals surface area contributed by atoms with Gasteiger partial charge in [-0.25, -0.2) is 4.39 Å². The summed E-state index contributed by atoms with van der Waals surface area (Å²) in [6, 6.07) is 13.8. The molecule has 0 heterocycles. The third-order valence-electron chi connectivity index (χ3n) is 3.34. The van der Waals surface area contributed by atoms with Crippen molar-refractivity contribution in [2.75, 3.05) is 20.2 Å². The maximum absolute atomic E-state index is 12.8. The molecular weight excluding hydrogens is 269 g/mol. The number of benzene rings is 2. The quantitative estimate of drug-likeness (QED) is 0.770. The van der Waals surface area contributed by atoms with Crippen molar-refractivity contribution in [1.29, 1.82) is 0 Å². The van der Waals surface area contributed by atoms with E-state index in [0.717, 1.165) is 18.7 Å². The Bertz CT molecular complexity index is 540. The Morgan fingerprint density at radius 2 is 1.76 bits per heavy atom. The molecule has 112 valence electrons. The predicted octanol–water partition coefficient (Wildman–Crippen LogP) is 2.70. The van der Waals surface area contributed by atoms with Gasteiger partial charge in [0.05, 0.1) is 13.2 Å². The predicted molar refractivity (Wildman–Crippen MR) is 80.9 cm³/mol. The van der Waals surface area contributed by atoms with Gasteiger partial charge in [0.25, 0.3) is 0 Å². The minimum atomic E-state index is -0.624. The molecule has 1 atom stereocenters. The van der Waals surface area contributed by atoms with Gasteiger partial charge in [-0.1, -0.05) is 24.3 Å². The molecule has 0 spiro atoms. The SMILES string of the molecule is COc1ccc(CCNCC(O)c2ccc(F)cc2)cc1. The van der Waals surface area contributed by atoms with Crippen LogP contribution in [0.15, 0.2) is 48.5 Å². The van der Waals surface area contributed by atoms with Crippen LogP contribution < -0.4 is 10.1 Å². The van der Waals surface area contributed by atoms with Gasteiger partial charge in [0, 0.05) is 6.54 Å². The number of rotatable bonds is 7. The van der Waals surface area contributed by atoms with Crippen molar-refractivity contribution in [1.82, 2.24) is 5.32 Å². The van der Waals surface area contributed by atoms with Crippen LogP contribution in [0.25, 0.3) is 0 Å². The summed E-state index contributed by atoms with van der Waals surface area (Å²) < 4.78 is 17.9. The number of ether oxygens (including phenoxy) is 1. The van der Waals surface area contributed by atoms with Crippen LogP contribution in [0.1, 0.15) is 17.2 Å². The molecule has 2 aromatic carbocycles. The zero-order chi connectivity index (χ0) is 15.1. The molecule has 3 nitrogen and oxygen atoms in total. The molecule has 0 aliphatic heterocycles. The van der Waals surface area contributed by atoms with Crippen LogP contribution in [0.2, 0.25) is 0 Å². The van der Waals surface area contributed by atoms with E-state index in [-0.39, 0.29) is 5.82 Å². The van der Waals surface area contributed by atoms with E-state index in [1.54, 1.807) is 19.2 Å². The Balaban J connectivity index is 1.72. The molecule has 2 rings (SSSR count). The maximum atomic E-state index is 12.8. The molecule has 2 aromatic rings. The highest BCUT2D eigenvalue weighted by Crippen LogP contribution is 2.13. The summed E-state index contributed by atoms with van der Waals surface area (Å²) in [6.07, 6.45) is 0.251. The Kier molecular flexibility index (Phi) is 5.72. The van der Waals surface area contributed by atoms with Crippen molar-refractivity contribution in [2.45, 2.75) is 12.5 Å². The fraction of sp³-hybridized carbons (Fsp3) is 0.294. The van der Waals surface area contributed by atoms with Crippen LogP contribution in [-0.2, 0) is 6.42 Å². The molecule has 4 heteroatoms. The summed E-state index contributed by atoms with van der Waals surface area (Å²) >= 11 is 0. The molecule has 0 aliphatic rings. The minimum Gasteiger partial charge on any atom is -0.497 e. The highest BCUT2D eigenvalue weighted by Gasteiger charge is 2.06. The van der Waals surface area contributed by atoms with Crippen molar-refractivity contribution in [3.05, 3.63) is 65.5 Å². The number of nitrogens with one attached hydrogen (secondary N) is 1. The van der Waals surface area contributed by atoms with Crippen LogP contribution >= 0.6 is 0 Å². The van der Waals surface area contributed by atoms with Gasteiger partial charge in [-0.2, -0.15) is 0 Å². The Hall–Kier alpha value is -1.91. The Labute approximate surface area is 124 Å². The van der Waals surface area contributed by atoms with E-state index >= 15 is 0 Å². The molecule has 2 N–H and O–H groups in total. The van der Waals surface area contributed by atoms with E-state index in [1.807, 2.05) is 24.3 Å². The lowest BCUT2D eigenvalue weighted by Gasteiger charge is -2.12. The van der Waals surface area contributed by atoms with Gasteiger partial charge in [-0.05, 0) is 48.4 Å². The molecule has 0 aliphatic carbocycles. The second-order valence-electron chi connectivity index (χ2n) is 4.87. The van der Waals surface area contributed by atoms with E-state index in [2.05, 4.69) is 5.32 Å². The van der Waals surface area contributed by atoms with E-state index in [1.165, 1.54) is 17.7 Å². The number of aliphatic hydroxyl groups is 1. The van der Waals surface area contributed by atoms with E-state index in [4.69, 9.17) is 4.74 Å². The van der Waals surface area contributed by atoms with Crippen LogP contribution in [0.3, 0.4) is 0 Å². The summed E-state index contributed by atoms with van der Waals surface area (Å²) in [7, 11) is 1.65. The first-order valence-corrected chi connectivity index (χ1v) is 6.96. The van der Waals surface area contributed by atoms with Gasteiger partial charge in [-0.15, -0.1) is 0 Å². The highest BCUT2D eigenvalue weighted by atomic mass is 19.1. The molecule has 0 saturated carbocycles. The van der Waals surface area contributed by atoms with Crippen molar-refractivity contribution >= 4 is 0 Å². The third-order valence-corrected chi connectivity index (χ3v) is 3.34. The molecule has 21 heavy (non-hydrogen) atoms. The highest BCUT2D eigenvalue weighted by molar-refractivity contribution is 5.27. The number of halogens is 1. The van der Waals surface area contributed by atoms with Crippen molar-refractivity contribution < 1.29 is 14.2 Å². The zero-order valence-electron chi connectivity index (χ0n) is 12.1. The zero-order valence-corrected chi connectivity index (χ0v) is 12.1. The van der Waals surface area contributed by atoms with Crippen LogP contribution in [0.5, 0.6) is 5.75 Å². The lowest BCUT2D eigenvalue weighted by molar-refractivity contribution is 0.175. The second-order valence-corrected chi connectivity index (χ2v) is 4.87. The fourth-order valence-corrected chi connectivity index (χ4v) is 2.07. The standard InChI is InChI=1S/C17H20FNO2/c1-21-16-8-2-13(3-9-16)10-11-19-12-17(20)14-4-6-15(18)7-5-14/h2-9,17,19-20H,10-12H2,1H3. The summed E-state index contributed by atoms with van der Waals surface area (Å²) in [4.78, 5) is 0. The van der Waals surface area contributed by atoms with Crippen molar-refractivity contribution in [3.63, 3.8) is 0 Å². The first-order valence-electron chi connectivity index (χ1n) is 6.96. The number of hydrogen-bond donors (Lipinski definition) is 2. The van der Waals surface area contributed by atoms with Crippen molar-refractivity contribution in [2.24, 2.45) is 0 Å². The van der Waals surface area contributed by atoms with Gasteiger partial charge in [0.15, 0.2) is 0 Å². The van der Waals surface area contributed by atoms with Gasteiger partial charge in [-0.3, -0.25) is 0 Å². The third kappa shape index (κ3) is 4.85. The molecule has 0 aromatic heterocycles. The average Bonchev–Trinajstić information content (AvgIpc) is 2.52. The number of aliphatic hydroxyl groups excluding tert-OH is 1. The summed E-state index contributed by atoms with van der Waals surface area (Å²) in [5, 5.41) is 13.2. The maximum Gasteiger partial charge on any atom is 0.123 e. The molecule has 0 bridgehead atoms. The summed E-state index contributed by atoms with van der Waals surface area (Å²) in [6.45, 7) is 1.21. The fourth-order valence-electron chi connectivity index (χ4n) is 2.07. The number of hydrogen-bond acceptors (Lipinski definition) is 3. The largest absolute Gasteiger partial charge is 0.497 e. The van der Waals surface area contributed by atoms with Gasteiger partial charge >= 0.3 is 0 Å². The Morgan fingerprint density at radius 3 is 2.38 bits per heavy atom. The molecule has 0 saturated heterocycles. The van der Waals surface area contributed by atoms with Crippen LogP contribution in [0, 0.1) is 5.82 Å². The normalized spacial score (nSPS) is 12.1. The van der Waals surface area contributed by atoms with Gasteiger partial charge in [0.2, 0.25) is 0 Å². The lowest BCUT2D eigenvalue weighted by atomic mass is 10.1. The summed E-state index contributed by atoms with van der Waals surface area (Å²) in [5.41, 5.74) is 1.92. The molecule has 0 fully saturated rings. The molecular formula is C17H20FNO2. The minimum absolute atomic E-state index is 0.293. The smallest absolute Gasteiger partial charge is 0.123 e. The Morgan fingerprint density at radius 1 is 1.10 bits per heavy atom. The lowest BCUT2D eigenvalue weighted by Crippen LogP contribution is -2.23. The van der Waals surface area contributed by atoms with E-state index in [0.29, 0.717) is 12.1 Å². The van der Waals surface area contributed by atoms with Crippen LogP contribution in [-0.4, -0.2) is 25.3 Å².